The summed E-state index contributed by atoms with van der Waals surface area (Å²) in [6, 6.07) is 14.1. The van der Waals surface area contributed by atoms with Crippen LogP contribution in [0.4, 0.5) is 0 Å². The summed E-state index contributed by atoms with van der Waals surface area (Å²) in [4.78, 5) is 23.8. The predicted molar refractivity (Wildman–Crippen MR) is 139 cm³/mol. The van der Waals surface area contributed by atoms with E-state index in [4.69, 9.17) is 10.9 Å². The number of amides is 2. The molecule has 0 aromatic heterocycles. The Kier molecular flexibility index (Phi) is 8.10. The lowest BCUT2D eigenvalue weighted by Crippen LogP contribution is -2.54. The highest BCUT2D eigenvalue weighted by Crippen LogP contribution is 2.61. The number of hydrogen-bond acceptors (Lipinski definition) is 5. The Balaban J connectivity index is 1.26. The van der Waals surface area contributed by atoms with Crippen LogP contribution >= 0.6 is 0 Å². The second-order valence-corrected chi connectivity index (χ2v) is 10.6. The fourth-order valence-electron chi connectivity index (χ4n) is 5.71. The van der Waals surface area contributed by atoms with Crippen molar-refractivity contribution >= 4 is 11.8 Å². The van der Waals surface area contributed by atoms with Gasteiger partial charge in [0.05, 0.1) is 0 Å². The second kappa shape index (κ2) is 11.3. The summed E-state index contributed by atoms with van der Waals surface area (Å²) >= 11 is 0. The fourth-order valence-corrected chi connectivity index (χ4v) is 5.71. The maximum Gasteiger partial charge on any atom is 0.267 e. The minimum atomic E-state index is -1.01. The average molecular weight is 489 g/mol. The number of carbonyl (C=O) groups is 2. The summed E-state index contributed by atoms with van der Waals surface area (Å²) in [7, 11) is 0. The van der Waals surface area contributed by atoms with Crippen LogP contribution in [0.5, 0.6) is 0 Å². The van der Waals surface area contributed by atoms with E-state index in [-0.39, 0.29) is 6.54 Å². The fraction of sp³-hybridized carbons (Fsp3) is 0.448. The van der Waals surface area contributed by atoms with Crippen LogP contribution in [0.15, 0.2) is 48.5 Å². The first-order valence-corrected chi connectivity index (χ1v) is 12.7. The van der Waals surface area contributed by atoms with E-state index in [0.29, 0.717) is 11.0 Å². The lowest BCUT2D eigenvalue weighted by molar-refractivity contribution is -0.130. The monoisotopic (exact) mass is 488 g/mol. The zero-order valence-corrected chi connectivity index (χ0v) is 21.0. The number of hydrogen-bond donors (Lipinski definition) is 5. The number of nitrogens with one attached hydrogen (secondary N) is 3. The van der Waals surface area contributed by atoms with Gasteiger partial charge in [0.1, 0.15) is 6.04 Å². The second-order valence-electron chi connectivity index (χ2n) is 10.6. The Hall–Kier alpha value is -3.18. The topological polar surface area (TPSA) is 116 Å². The average Bonchev–Trinajstić information content (AvgIpc) is 2.91. The van der Waals surface area contributed by atoms with Gasteiger partial charge in [0.2, 0.25) is 0 Å². The third kappa shape index (κ3) is 5.79. The maximum absolute atomic E-state index is 12.3. The van der Waals surface area contributed by atoms with Crippen molar-refractivity contribution in [3.63, 3.8) is 0 Å². The van der Waals surface area contributed by atoms with Crippen molar-refractivity contribution in [1.29, 1.82) is 0 Å². The van der Waals surface area contributed by atoms with Crippen molar-refractivity contribution in [2.45, 2.75) is 45.7 Å². The van der Waals surface area contributed by atoms with Gasteiger partial charge in [0, 0.05) is 29.8 Å². The van der Waals surface area contributed by atoms with Gasteiger partial charge in [-0.1, -0.05) is 37.8 Å². The molecule has 0 heterocycles. The van der Waals surface area contributed by atoms with Crippen LogP contribution in [-0.2, 0) is 11.3 Å². The third-order valence-electron chi connectivity index (χ3n) is 8.16. The predicted octanol–water partition coefficient (Wildman–Crippen LogP) is 2.81. The highest BCUT2D eigenvalue weighted by atomic mass is 16.5. The molecule has 190 valence electrons. The lowest BCUT2D eigenvalue weighted by atomic mass is 9.45. The van der Waals surface area contributed by atoms with E-state index < -0.39 is 17.9 Å². The smallest absolute Gasteiger partial charge is 0.267 e. The SMILES string of the molecule is CC1(C)[C@H]2CC[C@@H](CNCc3ccc(C#Cc4ccc(C(=O)N[C@@H](CN)C(=O)NO)cc4)cc3)[C@H]1C2. The minimum Gasteiger partial charge on any atom is -0.339 e. The molecule has 2 bridgehead atoms. The van der Waals surface area contributed by atoms with Crippen molar-refractivity contribution in [2.24, 2.45) is 28.9 Å². The van der Waals surface area contributed by atoms with Crippen LogP contribution in [0, 0.1) is 35.0 Å². The zero-order chi connectivity index (χ0) is 25.7. The first-order chi connectivity index (χ1) is 17.3. The molecule has 4 atom stereocenters. The van der Waals surface area contributed by atoms with Gasteiger partial charge in [-0.05, 0) is 90.9 Å². The molecule has 6 N–H and O–H groups in total. The van der Waals surface area contributed by atoms with Gasteiger partial charge in [-0.25, -0.2) is 5.48 Å². The number of fused-ring (bicyclic) bond motifs is 2. The van der Waals surface area contributed by atoms with Crippen LogP contribution in [0.2, 0.25) is 0 Å². The number of nitrogens with two attached hydrogens (primary N) is 1. The summed E-state index contributed by atoms with van der Waals surface area (Å²) in [6.07, 6.45) is 4.17. The molecule has 7 heteroatoms. The van der Waals surface area contributed by atoms with Crippen molar-refractivity contribution in [3.8, 4) is 11.8 Å². The number of hydroxylamine groups is 1. The maximum atomic E-state index is 12.3. The van der Waals surface area contributed by atoms with Crippen LogP contribution in [0.25, 0.3) is 0 Å². The number of benzene rings is 2. The highest BCUT2D eigenvalue weighted by molar-refractivity contribution is 5.97. The van der Waals surface area contributed by atoms with Gasteiger partial charge >= 0.3 is 0 Å². The van der Waals surface area contributed by atoms with E-state index in [1.165, 1.54) is 30.3 Å². The molecule has 5 rings (SSSR count). The summed E-state index contributed by atoms with van der Waals surface area (Å²) in [5.74, 6) is 7.68. The van der Waals surface area contributed by atoms with E-state index in [1.807, 2.05) is 12.1 Å². The zero-order valence-electron chi connectivity index (χ0n) is 21.0. The number of carbonyl (C=O) groups excluding carboxylic acids is 2. The van der Waals surface area contributed by atoms with E-state index >= 15 is 0 Å². The Morgan fingerprint density at radius 3 is 2.25 bits per heavy atom. The molecular formula is C29H36N4O3. The van der Waals surface area contributed by atoms with Crippen molar-refractivity contribution < 1.29 is 14.8 Å². The van der Waals surface area contributed by atoms with Crippen molar-refractivity contribution in [2.75, 3.05) is 13.1 Å². The van der Waals surface area contributed by atoms with Gasteiger partial charge in [0.25, 0.3) is 11.8 Å². The molecular weight excluding hydrogens is 452 g/mol. The summed E-state index contributed by atoms with van der Waals surface area (Å²) in [5, 5.41) is 14.9. The molecule has 0 saturated heterocycles. The molecule has 2 aromatic carbocycles. The Bertz CT molecular complexity index is 1130. The molecule has 0 radical (unpaired) electrons. The largest absolute Gasteiger partial charge is 0.339 e. The van der Waals surface area contributed by atoms with Crippen LogP contribution in [0.3, 0.4) is 0 Å². The van der Waals surface area contributed by atoms with E-state index in [1.54, 1.807) is 24.3 Å². The summed E-state index contributed by atoms with van der Waals surface area (Å²) in [6.45, 7) is 6.73. The third-order valence-corrected chi connectivity index (χ3v) is 8.16. The standard InChI is InChI=1S/C29H36N4O3/c1-29(2)24-14-13-23(25(29)15-24)18-31-17-21-7-5-19(6-8-21)3-4-20-9-11-22(12-10-20)27(34)32-26(16-30)28(35)33-36/h5-12,23-26,31,36H,13-18,30H2,1-2H3,(H,32,34)(H,33,35)/t23-,24-,25+,26-/m0/s1. The normalized spacial score (nSPS) is 22.4. The lowest BCUT2D eigenvalue weighted by Gasteiger charge is -2.60. The first kappa shape index (κ1) is 25.9. The molecule has 3 aliphatic carbocycles. The molecule has 3 saturated carbocycles. The summed E-state index contributed by atoms with van der Waals surface area (Å²) in [5.41, 5.74) is 10.8. The molecule has 3 fully saturated rings. The van der Waals surface area contributed by atoms with Gasteiger partial charge in [0.15, 0.2) is 0 Å². The van der Waals surface area contributed by atoms with Gasteiger partial charge in [-0.3, -0.25) is 14.8 Å². The first-order valence-electron chi connectivity index (χ1n) is 12.7. The van der Waals surface area contributed by atoms with Crippen molar-refractivity contribution in [1.82, 2.24) is 16.1 Å². The molecule has 7 nitrogen and oxygen atoms in total. The highest BCUT2D eigenvalue weighted by Gasteiger charge is 2.53. The molecule has 0 unspecified atom stereocenters. The number of rotatable bonds is 8. The quantitative estimate of drug-likeness (QED) is 0.223. The Morgan fingerprint density at radius 2 is 1.69 bits per heavy atom. The Labute approximate surface area is 213 Å². The molecule has 0 spiro atoms. The minimum absolute atomic E-state index is 0.129. The van der Waals surface area contributed by atoms with Crippen molar-refractivity contribution in [3.05, 3.63) is 70.8 Å². The summed E-state index contributed by atoms with van der Waals surface area (Å²) < 4.78 is 0. The van der Waals surface area contributed by atoms with E-state index in [9.17, 15) is 9.59 Å². The van der Waals surface area contributed by atoms with E-state index in [0.717, 1.165) is 42.0 Å². The van der Waals surface area contributed by atoms with E-state index in [2.05, 4.69) is 48.5 Å². The molecule has 2 aromatic rings. The van der Waals surface area contributed by atoms with Crippen LogP contribution in [0.1, 0.15) is 60.2 Å². The molecule has 36 heavy (non-hydrogen) atoms. The van der Waals surface area contributed by atoms with Crippen LogP contribution < -0.4 is 21.8 Å². The molecule has 0 aliphatic heterocycles. The Morgan fingerprint density at radius 1 is 1.06 bits per heavy atom. The van der Waals surface area contributed by atoms with Crippen LogP contribution in [-0.4, -0.2) is 36.2 Å². The van der Waals surface area contributed by atoms with Gasteiger partial charge in [-0.2, -0.15) is 0 Å². The molecule has 2 amide bonds. The van der Waals surface area contributed by atoms with Gasteiger partial charge in [-0.15, -0.1) is 0 Å². The molecule has 3 aliphatic rings. The van der Waals surface area contributed by atoms with Gasteiger partial charge < -0.3 is 16.4 Å².